The van der Waals surface area contributed by atoms with E-state index in [0.717, 1.165) is 62.0 Å². The molecular weight excluding hydrogens is 853 g/mol. The molecule has 1 atom stereocenters. The molecule has 0 saturated carbocycles. The van der Waals surface area contributed by atoms with Gasteiger partial charge >= 0.3 is 0 Å². The second-order valence-electron chi connectivity index (χ2n) is 16.5. The minimum absolute atomic E-state index is 0. The van der Waals surface area contributed by atoms with Gasteiger partial charge in [-0.3, -0.25) is 0 Å². The molecule has 281 valence electrons. The zero-order chi connectivity index (χ0) is 38.0. The Morgan fingerprint density at radius 2 is 1.46 bits per heavy atom. The summed E-state index contributed by atoms with van der Waals surface area (Å²) in [5, 5.41) is 3.71. The third-order valence-corrected chi connectivity index (χ3v) is 12.5. The first-order valence-corrected chi connectivity index (χ1v) is 22.6. The number of hydrogen-bond donors (Lipinski definition) is 0. The quantitative estimate of drug-likeness (QED) is 0.113. The number of pyridine rings is 2. The number of aryl methyl sites for hydroxylation is 3. The fourth-order valence-electron chi connectivity index (χ4n) is 6.92. The van der Waals surface area contributed by atoms with Crippen LogP contribution < -0.4 is 5.19 Å². The zero-order valence-corrected chi connectivity index (χ0v) is 37.2. The number of benzene rings is 4. The maximum atomic E-state index is 6.50. The van der Waals surface area contributed by atoms with Crippen LogP contribution in [0.2, 0.25) is 19.6 Å². The Labute approximate surface area is 338 Å². The fourth-order valence-corrected chi connectivity index (χ4v) is 8.54. The molecule has 0 aliphatic carbocycles. The molecule has 7 rings (SSSR count). The van der Waals surface area contributed by atoms with Gasteiger partial charge in [-0.25, -0.2) is 0 Å². The van der Waals surface area contributed by atoms with Crippen LogP contribution in [0.25, 0.3) is 55.6 Å². The summed E-state index contributed by atoms with van der Waals surface area (Å²) in [7, 11) is -1.40. The molecule has 3 heterocycles. The van der Waals surface area contributed by atoms with Crippen molar-refractivity contribution >= 4 is 35.2 Å². The Morgan fingerprint density at radius 1 is 0.741 bits per heavy atom. The van der Waals surface area contributed by atoms with Crippen molar-refractivity contribution in [1.29, 1.82) is 0 Å². The van der Waals surface area contributed by atoms with Gasteiger partial charge in [-0.05, 0) is 59.3 Å². The van der Waals surface area contributed by atoms with Gasteiger partial charge in [-0.1, -0.05) is 150 Å². The number of fused-ring (bicyclic) bond motifs is 3. The van der Waals surface area contributed by atoms with Crippen LogP contribution in [-0.2, 0) is 26.5 Å². The normalized spacial score (nSPS) is 12.2. The second kappa shape index (κ2) is 17.1. The average Bonchev–Trinajstić information content (AvgIpc) is 3.51. The van der Waals surface area contributed by atoms with E-state index in [1.807, 2.05) is 12.3 Å². The van der Waals surface area contributed by atoms with Crippen LogP contribution in [0.1, 0.15) is 68.4 Å². The molecule has 3 aromatic heterocycles. The SMILES string of the molecule is Cc1c[c-]c(-c2cc(C(C)C(C)C)c([Si](C)(C)C)cn2)cc1C.Cc1ccc(-c2cccc3c2oc2c(-c4cc(CC(C)C)ccn4)[c-]ccc23)cc1.[Ir]. The van der Waals surface area contributed by atoms with E-state index in [-0.39, 0.29) is 20.1 Å². The van der Waals surface area contributed by atoms with Crippen molar-refractivity contribution in [2.75, 3.05) is 0 Å². The molecule has 0 fully saturated rings. The standard InChI is InChI=1S/C28H24NO.C21H30NSi.Ir/c1-18(2)16-20-14-15-29-26(17-20)25-9-5-8-24-23-7-4-6-22(27(23)30-28(24)25)21-12-10-19(3)11-13-21;1-14(2)17(5)19-12-20(22-13-21(19)23(6,7)8)18-10-9-15(3)16(4)11-18;/h4-8,10-15,17-18H,16H2,1-3H3;9,11-14,17H,1-8H3;/q2*-1;. The average molecular weight is 907 g/mol. The summed E-state index contributed by atoms with van der Waals surface area (Å²) in [6.45, 7) is 25.0. The third kappa shape index (κ3) is 9.03. The van der Waals surface area contributed by atoms with Gasteiger partial charge in [0.05, 0.1) is 13.7 Å². The van der Waals surface area contributed by atoms with E-state index >= 15 is 0 Å². The van der Waals surface area contributed by atoms with Crippen LogP contribution in [0.5, 0.6) is 0 Å². The maximum Gasteiger partial charge on any atom is 0.128 e. The molecular formula is C49H54IrN2OSi-2. The summed E-state index contributed by atoms with van der Waals surface area (Å²) >= 11 is 0. The van der Waals surface area contributed by atoms with Gasteiger partial charge in [-0.2, -0.15) is 0 Å². The monoisotopic (exact) mass is 907 g/mol. The minimum atomic E-state index is -1.40. The molecule has 54 heavy (non-hydrogen) atoms. The van der Waals surface area contributed by atoms with E-state index in [2.05, 4.69) is 177 Å². The summed E-state index contributed by atoms with van der Waals surface area (Å²) in [6, 6.07) is 36.6. The van der Waals surface area contributed by atoms with Crippen LogP contribution in [-0.4, -0.2) is 18.0 Å². The Bertz CT molecular complexity index is 2370. The van der Waals surface area contributed by atoms with Crippen LogP contribution in [0.15, 0.2) is 102 Å². The Hall–Kier alpha value is -4.15. The first-order valence-electron chi connectivity index (χ1n) is 19.1. The van der Waals surface area contributed by atoms with Crippen LogP contribution in [0.4, 0.5) is 0 Å². The molecule has 0 bridgehead atoms. The van der Waals surface area contributed by atoms with Gasteiger partial charge in [0.25, 0.3) is 0 Å². The van der Waals surface area contributed by atoms with Crippen molar-refractivity contribution in [1.82, 2.24) is 9.97 Å². The molecule has 1 unspecified atom stereocenters. The van der Waals surface area contributed by atoms with Crippen molar-refractivity contribution in [3.63, 3.8) is 0 Å². The van der Waals surface area contributed by atoms with Crippen molar-refractivity contribution in [2.24, 2.45) is 11.8 Å². The molecule has 0 saturated heterocycles. The molecule has 7 aromatic rings. The Kier molecular flexibility index (Phi) is 13.0. The van der Waals surface area contributed by atoms with Crippen LogP contribution >= 0.6 is 0 Å². The Balaban J connectivity index is 0.000000212. The molecule has 0 amide bonds. The van der Waals surface area contributed by atoms with E-state index in [1.54, 1.807) is 0 Å². The molecule has 3 nitrogen and oxygen atoms in total. The fraction of sp³-hybridized carbons (Fsp3) is 0.306. The summed E-state index contributed by atoms with van der Waals surface area (Å²) in [4.78, 5) is 9.43. The molecule has 0 aliphatic heterocycles. The van der Waals surface area contributed by atoms with Gasteiger partial charge < -0.3 is 14.4 Å². The van der Waals surface area contributed by atoms with Gasteiger partial charge in [0.15, 0.2) is 0 Å². The molecule has 0 aliphatic rings. The van der Waals surface area contributed by atoms with Crippen molar-refractivity contribution in [2.45, 2.75) is 87.4 Å². The number of aromatic nitrogens is 2. The summed E-state index contributed by atoms with van der Waals surface area (Å²) in [6.07, 6.45) is 5.06. The van der Waals surface area contributed by atoms with Gasteiger partial charge in [0.1, 0.15) is 5.58 Å². The molecule has 0 N–H and O–H groups in total. The number of para-hydroxylation sites is 1. The summed E-state index contributed by atoms with van der Waals surface area (Å²) < 4.78 is 6.50. The predicted octanol–water partition coefficient (Wildman–Crippen LogP) is 13.1. The first kappa shape index (κ1) is 41.0. The number of furan rings is 1. The molecule has 4 aromatic carbocycles. The van der Waals surface area contributed by atoms with Crippen molar-refractivity contribution in [3.8, 4) is 33.6 Å². The molecule has 0 spiro atoms. The zero-order valence-electron chi connectivity index (χ0n) is 33.8. The summed E-state index contributed by atoms with van der Waals surface area (Å²) in [5.41, 5.74) is 14.6. The number of hydrogen-bond acceptors (Lipinski definition) is 3. The molecule has 1 radical (unpaired) electrons. The predicted molar refractivity (Wildman–Crippen MR) is 229 cm³/mol. The first-order chi connectivity index (χ1) is 25.2. The van der Waals surface area contributed by atoms with Crippen molar-refractivity contribution in [3.05, 3.63) is 137 Å². The van der Waals surface area contributed by atoms with E-state index < -0.39 is 8.07 Å². The van der Waals surface area contributed by atoms with E-state index in [4.69, 9.17) is 9.40 Å². The van der Waals surface area contributed by atoms with E-state index in [1.165, 1.54) is 33.0 Å². The van der Waals surface area contributed by atoms with E-state index in [0.29, 0.717) is 17.8 Å². The smallest absolute Gasteiger partial charge is 0.128 e. The third-order valence-electron chi connectivity index (χ3n) is 10.5. The second-order valence-corrected chi connectivity index (χ2v) is 21.6. The number of rotatable bonds is 8. The van der Waals surface area contributed by atoms with Gasteiger partial charge in [0, 0.05) is 43.4 Å². The Morgan fingerprint density at radius 3 is 2.13 bits per heavy atom. The van der Waals surface area contributed by atoms with E-state index in [9.17, 15) is 0 Å². The number of nitrogens with zero attached hydrogens (tertiary/aromatic N) is 2. The topological polar surface area (TPSA) is 38.9 Å². The largest absolute Gasteiger partial charge is 0.500 e. The van der Waals surface area contributed by atoms with Crippen molar-refractivity contribution < 1.29 is 24.5 Å². The van der Waals surface area contributed by atoms with Crippen LogP contribution in [0, 0.1) is 44.7 Å². The maximum absolute atomic E-state index is 6.50. The molecule has 5 heteroatoms. The van der Waals surface area contributed by atoms with Gasteiger partial charge in [-0.15, -0.1) is 53.1 Å². The minimum Gasteiger partial charge on any atom is -0.500 e. The van der Waals surface area contributed by atoms with Crippen LogP contribution in [0.3, 0.4) is 0 Å². The summed E-state index contributed by atoms with van der Waals surface area (Å²) in [5.74, 6) is 1.78. The van der Waals surface area contributed by atoms with Gasteiger partial charge in [0.2, 0.25) is 0 Å².